The Balaban J connectivity index is 1.72. The number of fused-ring (bicyclic) bond motifs is 1. The van der Waals surface area contributed by atoms with E-state index in [2.05, 4.69) is 14.9 Å². The van der Waals surface area contributed by atoms with Crippen LogP contribution in [0.25, 0.3) is 10.9 Å². The second kappa shape index (κ2) is 8.80. The number of nitrogens with zero attached hydrogens (tertiary/aromatic N) is 3. The van der Waals surface area contributed by atoms with Crippen molar-refractivity contribution in [2.24, 2.45) is 0 Å². The molecule has 3 rings (SSSR count). The van der Waals surface area contributed by atoms with Gasteiger partial charge in [0.2, 0.25) is 0 Å². The summed E-state index contributed by atoms with van der Waals surface area (Å²) in [6, 6.07) is 3.67. The van der Waals surface area contributed by atoms with Gasteiger partial charge in [-0.15, -0.1) is 0 Å². The minimum Gasteiger partial charge on any atom is -0.488 e. The first-order valence-corrected chi connectivity index (χ1v) is 8.37. The Kier molecular flexibility index (Phi) is 6.21. The van der Waals surface area contributed by atoms with Gasteiger partial charge in [0.15, 0.2) is 11.5 Å². The van der Waals surface area contributed by atoms with Crippen LogP contribution in [-0.4, -0.2) is 74.6 Å². The third-order valence-electron chi connectivity index (χ3n) is 4.05. The Hall–Kier alpha value is -2.16. The number of hydrogen-bond acceptors (Lipinski definition) is 8. The van der Waals surface area contributed by atoms with Crippen LogP contribution in [0.15, 0.2) is 18.5 Å². The van der Waals surface area contributed by atoms with Crippen LogP contribution in [0.1, 0.15) is 0 Å². The topological polar surface area (TPSA) is 92.0 Å². The van der Waals surface area contributed by atoms with E-state index in [1.807, 2.05) is 12.1 Å². The van der Waals surface area contributed by atoms with Crippen LogP contribution < -0.4 is 15.2 Å². The zero-order chi connectivity index (χ0) is 17.5. The van der Waals surface area contributed by atoms with E-state index in [0.29, 0.717) is 37.1 Å². The molecule has 25 heavy (non-hydrogen) atoms. The summed E-state index contributed by atoms with van der Waals surface area (Å²) in [5.41, 5.74) is 6.68. The van der Waals surface area contributed by atoms with Gasteiger partial charge in [-0.05, 0) is 6.07 Å². The lowest BCUT2D eigenvalue weighted by molar-refractivity contribution is 0.0320. The van der Waals surface area contributed by atoms with E-state index >= 15 is 0 Å². The zero-order valence-corrected chi connectivity index (χ0v) is 14.4. The maximum atomic E-state index is 5.97. The van der Waals surface area contributed by atoms with Crippen molar-refractivity contribution in [1.82, 2.24) is 14.9 Å². The van der Waals surface area contributed by atoms with Crippen LogP contribution >= 0.6 is 0 Å². The van der Waals surface area contributed by atoms with E-state index in [4.69, 9.17) is 24.7 Å². The maximum absolute atomic E-state index is 5.97. The summed E-state index contributed by atoms with van der Waals surface area (Å²) in [6.45, 7) is 5.72. The Morgan fingerprint density at radius 2 is 1.84 bits per heavy atom. The van der Waals surface area contributed by atoms with Crippen molar-refractivity contribution in [2.45, 2.75) is 0 Å². The smallest absolute Gasteiger partial charge is 0.163 e. The van der Waals surface area contributed by atoms with Crippen LogP contribution in [0, 0.1) is 0 Å². The van der Waals surface area contributed by atoms with Gasteiger partial charge in [-0.1, -0.05) is 0 Å². The quantitative estimate of drug-likeness (QED) is 0.705. The Bertz CT molecular complexity index is 692. The van der Waals surface area contributed by atoms with Crippen molar-refractivity contribution in [3.05, 3.63) is 18.5 Å². The van der Waals surface area contributed by atoms with Gasteiger partial charge in [0.05, 0.1) is 25.3 Å². The third kappa shape index (κ3) is 4.68. The van der Waals surface area contributed by atoms with Gasteiger partial charge in [0, 0.05) is 38.2 Å². The standard InChI is InChI=1S/C17H24N4O4/c1-22-8-9-25-16-11-14-13(17(18)20-12-19-14)10-15(16)24-7-4-21-2-5-23-6-3-21/h10-12H,2-9H2,1H3,(H2,18,19,20). The van der Waals surface area contributed by atoms with E-state index in [-0.39, 0.29) is 0 Å². The number of ether oxygens (including phenoxy) is 4. The van der Waals surface area contributed by atoms with Gasteiger partial charge in [-0.2, -0.15) is 0 Å². The van der Waals surface area contributed by atoms with Crippen LogP contribution in [0.5, 0.6) is 11.5 Å². The molecule has 0 bridgehead atoms. The highest BCUT2D eigenvalue weighted by molar-refractivity contribution is 5.90. The molecule has 1 saturated heterocycles. The lowest BCUT2D eigenvalue weighted by Crippen LogP contribution is -2.38. The number of aromatic nitrogens is 2. The predicted octanol–water partition coefficient (Wildman–Crippen LogP) is 0.948. The maximum Gasteiger partial charge on any atom is 0.163 e. The lowest BCUT2D eigenvalue weighted by Gasteiger charge is -2.26. The SMILES string of the molecule is COCCOc1cc2ncnc(N)c2cc1OCCN1CCOCC1. The van der Waals surface area contributed by atoms with Gasteiger partial charge in [0.1, 0.15) is 25.4 Å². The Morgan fingerprint density at radius 3 is 2.64 bits per heavy atom. The highest BCUT2D eigenvalue weighted by Crippen LogP contribution is 2.33. The fourth-order valence-corrected chi connectivity index (χ4v) is 2.65. The molecule has 0 radical (unpaired) electrons. The van der Waals surface area contributed by atoms with Crippen LogP contribution in [0.4, 0.5) is 5.82 Å². The van der Waals surface area contributed by atoms with Crippen molar-refractivity contribution < 1.29 is 18.9 Å². The number of morpholine rings is 1. The number of benzene rings is 1. The first kappa shape index (κ1) is 17.7. The lowest BCUT2D eigenvalue weighted by atomic mass is 10.2. The summed E-state index contributed by atoms with van der Waals surface area (Å²) in [5.74, 6) is 1.69. The van der Waals surface area contributed by atoms with Crippen LogP contribution in [0.2, 0.25) is 0 Å². The van der Waals surface area contributed by atoms with Crippen molar-refractivity contribution in [1.29, 1.82) is 0 Å². The summed E-state index contributed by atoms with van der Waals surface area (Å²) in [4.78, 5) is 10.6. The summed E-state index contributed by atoms with van der Waals surface area (Å²) in [6.07, 6.45) is 1.44. The minimum atomic E-state index is 0.423. The highest BCUT2D eigenvalue weighted by atomic mass is 16.5. The molecule has 8 nitrogen and oxygen atoms in total. The molecule has 0 aliphatic carbocycles. The molecule has 1 aromatic carbocycles. The molecule has 2 N–H and O–H groups in total. The molecule has 8 heteroatoms. The number of rotatable bonds is 8. The number of hydrogen-bond donors (Lipinski definition) is 1. The monoisotopic (exact) mass is 348 g/mol. The van der Waals surface area contributed by atoms with Gasteiger partial charge < -0.3 is 24.7 Å². The van der Waals surface area contributed by atoms with Crippen LogP contribution in [-0.2, 0) is 9.47 Å². The Labute approximate surface area is 146 Å². The molecule has 1 aromatic heterocycles. The summed E-state index contributed by atoms with van der Waals surface area (Å²) < 4.78 is 22.2. The molecule has 1 aliphatic heterocycles. The van der Waals surface area contributed by atoms with Crippen molar-refractivity contribution in [3.63, 3.8) is 0 Å². The molecular weight excluding hydrogens is 324 g/mol. The van der Waals surface area contributed by atoms with E-state index < -0.39 is 0 Å². The molecular formula is C17H24N4O4. The second-order valence-electron chi connectivity index (χ2n) is 5.72. The van der Waals surface area contributed by atoms with Gasteiger partial charge >= 0.3 is 0 Å². The normalized spacial score (nSPS) is 15.4. The van der Waals surface area contributed by atoms with E-state index in [1.54, 1.807) is 7.11 Å². The van der Waals surface area contributed by atoms with Crippen LogP contribution in [0.3, 0.4) is 0 Å². The second-order valence-corrected chi connectivity index (χ2v) is 5.72. The van der Waals surface area contributed by atoms with Crippen molar-refractivity contribution >= 4 is 16.7 Å². The third-order valence-corrected chi connectivity index (χ3v) is 4.05. The molecule has 0 unspecified atom stereocenters. The average Bonchev–Trinajstić information content (AvgIpc) is 2.64. The van der Waals surface area contributed by atoms with E-state index in [0.717, 1.165) is 43.8 Å². The van der Waals surface area contributed by atoms with E-state index in [9.17, 15) is 0 Å². The molecule has 0 atom stereocenters. The summed E-state index contributed by atoms with van der Waals surface area (Å²) in [7, 11) is 1.64. The molecule has 0 saturated carbocycles. The zero-order valence-electron chi connectivity index (χ0n) is 14.4. The van der Waals surface area contributed by atoms with Crippen molar-refractivity contribution in [2.75, 3.05) is 65.5 Å². The van der Waals surface area contributed by atoms with Gasteiger partial charge in [-0.25, -0.2) is 9.97 Å². The summed E-state index contributed by atoms with van der Waals surface area (Å²) in [5, 5.41) is 0.753. The number of nitrogens with two attached hydrogens (primary N) is 1. The first-order valence-electron chi connectivity index (χ1n) is 8.37. The molecule has 1 aliphatic rings. The van der Waals surface area contributed by atoms with Crippen molar-refractivity contribution in [3.8, 4) is 11.5 Å². The number of methoxy groups -OCH3 is 1. The molecule has 0 amide bonds. The largest absolute Gasteiger partial charge is 0.488 e. The average molecular weight is 348 g/mol. The highest BCUT2D eigenvalue weighted by Gasteiger charge is 2.13. The summed E-state index contributed by atoms with van der Waals surface area (Å²) >= 11 is 0. The predicted molar refractivity (Wildman–Crippen MR) is 94.1 cm³/mol. The molecule has 0 spiro atoms. The number of anilines is 1. The van der Waals surface area contributed by atoms with Gasteiger partial charge in [-0.3, -0.25) is 4.90 Å². The first-order chi connectivity index (χ1) is 12.3. The van der Waals surface area contributed by atoms with Gasteiger partial charge in [0.25, 0.3) is 0 Å². The minimum absolute atomic E-state index is 0.423. The Morgan fingerprint density at radius 1 is 1.08 bits per heavy atom. The fourth-order valence-electron chi connectivity index (χ4n) is 2.65. The van der Waals surface area contributed by atoms with E-state index in [1.165, 1.54) is 6.33 Å². The molecule has 2 aromatic rings. The molecule has 1 fully saturated rings. The number of nitrogen functional groups attached to an aromatic ring is 1. The molecule has 136 valence electrons. The molecule has 2 heterocycles. The fraction of sp³-hybridized carbons (Fsp3) is 0.529.